The molecule has 0 amide bonds. The average molecular weight is 218 g/mol. The largest absolute Gasteiger partial charge is 0.312 e. The molecule has 3 heterocycles. The Labute approximate surface area is 89.2 Å². The molecule has 0 aliphatic rings. The van der Waals surface area contributed by atoms with Gasteiger partial charge in [-0.1, -0.05) is 0 Å². The molecule has 2 N–H and O–H groups in total. The van der Waals surface area contributed by atoms with Crippen molar-refractivity contribution in [2.45, 2.75) is 0 Å². The van der Waals surface area contributed by atoms with Crippen molar-refractivity contribution in [3.8, 4) is 11.1 Å². The molecule has 15 heavy (non-hydrogen) atoms. The van der Waals surface area contributed by atoms with E-state index in [1.165, 1.54) is 11.3 Å². The van der Waals surface area contributed by atoms with Crippen LogP contribution < -0.4 is 4.52 Å². The second-order valence-corrected chi connectivity index (χ2v) is 4.13. The molecule has 5 heteroatoms. The Morgan fingerprint density at radius 1 is 1.40 bits per heavy atom. The fourth-order valence-corrected chi connectivity index (χ4v) is 2.40. The Morgan fingerprint density at radius 2 is 2.33 bits per heavy atom. The molecule has 4 nitrogen and oxygen atoms in total. The van der Waals surface area contributed by atoms with E-state index in [9.17, 15) is 4.79 Å². The first-order valence-corrected chi connectivity index (χ1v) is 5.37. The van der Waals surface area contributed by atoms with E-state index in [2.05, 4.69) is 10.1 Å². The summed E-state index contributed by atoms with van der Waals surface area (Å²) in [7, 11) is 0. The summed E-state index contributed by atoms with van der Waals surface area (Å²) < 4.78 is 1.88. The molecule has 0 aliphatic heterocycles. The van der Waals surface area contributed by atoms with Crippen molar-refractivity contribution in [1.29, 1.82) is 0 Å². The third-order valence-electron chi connectivity index (χ3n) is 2.38. The van der Waals surface area contributed by atoms with Crippen LogP contribution in [0, 0.1) is 0 Å². The van der Waals surface area contributed by atoms with Gasteiger partial charge in [-0.2, -0.15) is 0 Å². The lowest BCUT2D eigenvalue weighted by Crippen LogP contribution is -2.18. The van der Waals surface area contributed by atoms with Crippen molar-refractivity contribution < 1.29 is 9.31 Å². The Morgan fingerprint density at radius 3 is 3.20 bits per heavy atom. The van der Waals surface area contributed by atoms with E-state index >= 15 is 0 Å². The lowest BCUT2D eigenvalue weighted by molar-refractivity contribution is -0.574. The quantitative estimate of drug-likeness (QED) is 0.498. The van der Waals surface area contributed by atoms with Gasteiger partial charge in [-0.05, 0) is 11.4 Å². The molecule has 0 unspecified atom stereocenters. The highest BCUT2D eigenvalue weighted by Gasteiger charge is 2.16. The minimum atomic E-state index is 0.756. The normalized spacial score (nSPS) is 10.9. The molecule has 0 fully saturated rings. The fraction of sp³-hybridized carbons (Fsp3) is 0. The molecule has 0 saturated carbocycles. The van der Waals surface area contributed by atoms with Gasteiger partial charge in [0.15, 0.2) is 12.5 Å². The summed E-state index contributed by atoms with van der Waals surface area (Å²) in [6, 6.07) is 1.96. The molecule has 0 aliphatic carbocycles. The number of aromatic nitrogens is 3. The number of nitrogens with one attached hydrogen (secondary N) is 2. The van der Waals surface area contributed by atoms with Crippen LogP contribution in [0.2, 0.25) is 0 Å². The van der Waals surface area contributed by atoms with Gasteiger partial charge in [0, 0.05) is 5.56 Å². The number of nitrogens with zero attached hydrogens (tertiary/aromatic N) is 1. The third-order valence-corrected chi connectivity index (χ3v) is 3.22. The van der Waals surface area contributed by atoms with Crippen molar-refractivity contribution in [3.05, 3.63) is 34.9 Å². The summed E-state index contributed by atoms with van der Waals surface area (Å²) in [5, 5.41) is 5.00. The second-order valence-electron chi connectivity index (χ2n) is 3.18. The van der Waals surface area contributed by atoms with E-state index in [1.807, 2.05) is 34.6 Å². The molecular weight excluding hydrogens is 210 g/mol. The van der Waals surface area contributed by atoms with Crippen LogP contribution in [0.1, 0.15) is 9.67 Å². The van der Waals surface area contributed by atoms with Crippen molar-refractivity contribution in [2.24, 2.45) is 0 Å². The minimum absolute atomic E-state index is 0.756. The molecule has 0 aromatic carbocycles. The third kappa shape index (κ3) is 1.13. The number of carbonyl (C=O) groups is 1. The van der Waals surface area contributed by atoms with Gasteiger partial charge < -0.3 is 0 Å². The highest BCUT2D eigenvalue weighted by molar-refractivity contribution is 7.12. The molecule has 0 saturated heterocycles. The Kier molecular flexibility index (Phi) is 1.72. The first-order chi connectivity index (χ1) is 7.40. The summed E-state index contributed by atoms with van der Waals surface area (Å²) >= 11 is 1.45. The van der Waals surface area contributed by atoms with E-state index in [0.717, 1.165) is 27.9 Å². The SMILES string of the molecule is O=Cc1sccc1-c1c[nH][n+]2cc[nH]c12. The Bertz CT molecular complexity index is 619. The van der Waals surface area contributed by atoms with Crippen molar-refractivity contribution in [2.75, 3.05) is 0 Å². The zero-order valence-electron chi connectivity index (χ0n) is 7.73. The molecule has 0 radical (unpaired) electrons. The first kappa shape index (κ1) is 8.43. The number of thiophene rings is 1. The van der Waals surface area contributed by atoms with Gasteiger partial charge in [0.05, 0.1) is 16.6 Å². The maximum Gasteiger partial charge on any atom is 0.312 e. The number of aromatic amines is 2. The number of imidazole rings is 1. The molecule has 74 valence electrons. The van der Waals surface area contributed by atoms with Gasteiger partial charge >= 0.3 is 5.65 Å². The van der Waals surface area contributed by atoms with E-state index < -0.39 is 0 Å². The summed E-state index contributed by atoms with van der Waals surface area (Å²) in [6.07, 6.45) is 6.53. The number of carbonyl (C=O) groups excluding carboxylic acids is 1. The monoisotopic (exact) mass is 218 g/mol. The maximum absolute atomic E-state index is 10.8. The van der Waals surface area contributed by atoms with Crippen LogP contribution in [0.15, 0.2) is 30.0 Å². The standard InChI is InChI=1S/C10H7N3OS/c14-6-9-7(1-4-15-9)8-5-12-13-3-2-11-10(8)13/h1-6H,(H,11,12,14)/p+1. The van der Waals surface area contributed by atoms with Crippen LogP contribution in [-0.4, -0.2) is 16.4 Å². The topological polar surface area (TPSA) is 52.8 Å². The zero-order chi connectivity index (χ0) is 10.3. The van der Waals surface area contributed by atoms with E-state index in [0.29, 0.717) is 0 Å². The highest BCUT2D eigenvalue weighted by Crippen LogP contribution is 2.27. The van der Waals surface area contributed by atoms with Crippen molar-refractivity contribution in [3.63, 3.8) is 0 Å². The molecule has 0 spiro atoms. The predicted octanol–water partition coefficient (Wildman–Crippen LogP) is 1.62. The van der Waals surface area contributed by atoms with Crippen LogP contribution >= 0.6 is 11.3 Å². The van der Waals surface area contributed by atoms with Gasteiger partial charge in [0.2, 0.25) is 0 Å². The number of hydrogen-bond acceptors (Lipinski definition) is 2. The lowest BCUT2D eigenvalue weighted by atomic mass is 10.1. The fourth-order valence-electron chi connectivity index (χ4n) is 1.69. The van der Waals surface area contributed by atoms with Gasteiger partial charge in [-0.15, -0.1) is 15.9 Å². The highest BCUT2D eigenvalue weighted by atomic mass is 32.1. The molecule has 3 rings (SSSR count). The van der Waals surface area contributed by atoms with Gasteiger partial charge in [0.25, 0.3) is 0 Å². The van der Waals surface area contributed by atoms with Crippen molar-refractivity contribution in [1.82, 2.24) is 10.1 Å². The second kappa shape index (κ2) is 3.06. The van der Waals surface area contributed by atoms with Gasteiger partial charge in [-0.25, -0.2) is 10.1 Å². The maximum atomic E-state index is 10.8. The average Bonchev–Trinajstić information content (AvgIpc) is 2.92. The Hall–Kier alpha value is -1.88. The lowest BCUT2D eigenvalue weighted by Gasteiger charge is -1.89. The van der Waals surface area contributed by atoms with Crippen LogP contribution in [0.3, 0.4) is 0 Å². The number of rotatable bonds is 2. The van der Waals surface area contributed by atoms with E-state index in [-0.39, 0.29) is 0 Å². The zero-order valence-corrected chi connectivity index (χ0v) is 8.54. The number of H-pyrrole nitrogens is 2. The van der Waals surface area contributed by atoms with Crippen LogP contribution in [0.4, 0.5) is 0 Å². The molecule has 0 atom stereocenters. The Balaban J connectivity index is 2.30. The van der Waals surface area contributed by atoms with Crippen molar-refractivity contribution >= 4 is 23.3 Å². The van der Waals surface area contributed by atoms with Crippen LogP contribution in [0.25, 0.3) is 16.8 Å². The summed E-state index contributed by atoms with van der Waals surface area (Å²) in [6.45, 7) is 0. The minimum Gasteiger partial charge on any atom is -0.297 e. The number of fused-ring (bicyclic) bond motifs is 1. The smallest absolute Gasteiger partial charge is 0.297 e. The van der Waals surface area contributed by atoms with Gasteiger partial charge in [0.1, 0.15) is 6.20 Å². The summed E-state index contributed by atoms with van der Waals surface area (Å²) in [4.78, 5) is 14.7. The van der Waals surface area contributed by atoms with E-state index in [1.54, 1.807) is 0 Å². The first-order valence-electron chi connectivity index (χ1n) is 4.49. The van der Waals surface area contributed by atoms with Gasteiger partial charge in [-0.3, -0.25) is 4.79 Å². The van der Waals surface area contributed by atoms with E-state index in [4.69, 9.17) is 0 Å². The molecule has 0 bridgehead atoms. The number of aldehydes is 1. The molecule has 3 aromatic rings. The van der Waals surface area contributed by atoms with Crippen LogP contribution in [0.5, 0.6) is 0 Å². The summed E-state index contributed by atoms with van der Waals surface area (Å²) in [5.74, 6) is 0. The number of hydrogen-bond donors (Lipinski definition) is 2. The molecular formula is C10H8N3OS+. The predicted molar refractivity (Wildman–Crippen MR) is 57.0 cm³/mol. The van der Waals surface area contributed by atoms with Crippen LogP contribution in [-0.2, 0) is 0 Å². The summed E-state index contributed by atoms with van der Waals surface area (Å²) in [5.41, 5.74) is 2.95. The molecule has 3 aromatic heterocycles.